The van der Waals surface area contributed by atoms with Crippen molar-refractivity contribution in [2.24, 2.45) is 7.05 Å². The monoisotopic (exact) mass is 474 g/mol. The zero-order chi connectivity index (χ0) is 23.8. The Bertz CT molecular complexity index is 1460. The average Bonchev–Trinajstić information content (AvgIpc) is 3.33. The molecule has 1 fully saturated rings. The van der Waals surface area contributed by atoms with Crippen molar-refractivity contribution in [3.63, 3.8) is 0 Å². The van der Waals surface area contributed by atoms with Gasteiger partial charge >= 0.3 is 5.69 Å². The van der Waals surface area contributed by atoms with Gasteiger partial charge in [-0.05, 0) is 43.2 Å². The molecule has 4 rings (SSSR count). The van der Waals surface area contributed by atoms with Gasteiger partial charge in [-0.2, -0.15) is 0 Å². The van der Waals surface area contributed by atoms with Crippen LogP contribution in [0.2, 0.25) is 0 Å². The molecule has 1 amide bonds. The molecular formula is C22H23FN4O5S. The van der Waals surface area contributed by atoms with Gasteiger partial charge in [0, 0.05) is 33.1 Å². The Morgan fingerprint density at radius 2 is 1.79 bits per heavy atom. The van der Waals surface area contributed by atoms with Crippen molar-refractivity contribution < 1.29 is 17.6 Å². The SMILES string of the molecule is Cn1c(=O)n(CCC(=O)N2CCCC2)c(=O)c2cc(S(=O)(=O)Nc3ccccc3F)ccc21. The number of anilines is 1. The van der Waals surface area contributed by atoms with Gasteiger partial charge in [0.05, 0.1) is 21.5 Å². The molecule has 2 heterocycles. The second kappa shape index (κ2) is 8.81. The van der Waals surface area contributed by atoms with Crippen LogP contribution in [0.5, 0.6) is 0 Å². The summed E-state index contributed by atoms with van der Waals surface area (Å²) >= 11 is 0. The summed E-state index contributed by atoms with van der Waals surface area (Å²) in [5.41, 5.74) is -1.26. The van der Waals surface area contributed by atoms with Gasteiger partial charge < -0.3 is 4.90 Å². The summed E-state index contributed by atoms with van der Waals surface area (Å²) in [6.07, 6.45) is 1.86. The minimum absolute atomic E-state index is 0.00197. The lowest BCUT2D eigenvalue weighted by Gasteiger charge is -2.16. The first-order valence-corrected chi connectivity index (χ1v) is 12.0. The Labute approximate surface area is 189 Å². The van der Waals surface area contributed by atoms with E-state index in [1.165, 1.54) is 41.9 Å². The highest BCUT2D eigenvalue weighted by Gasteiger charge is 2.21. The van der Waals surface area contributed by atoms with Crippen molar-refractivity contribution in [1.82, 2.24) is 14.0 Å². The minimum Gasteiger partial charge on any atom is -0.343 e. The molecule has 1 aliphatic rings. The number of rotatable bonds is 6. The zero-order valence-corrected chi connectivity index (χ0v) is 18.8. The third kappa shape index (κ3) is 4.40. The van der Waals surface area contributed by atoms with Gasteiger partial charge in [-0.15, -0.1) is 0 Å². The van der Waals surface area contributed by atoms with Gasteiger partial charge in [0.2, 0.25) is 5.91 Å². The van der Waals surface area contributed by atoms with E-state index in [4.69, 9.17) is 0 Å². The number of para-hydroxylation sites is 1. The molecule has 0 radical (unpaired) electrons. The van der Waals surface area contributed by atoms with Crippen molar-refractivity contribution in [2.75, 3.05) is 17.8 Å². The number of sulfonamides is 1. The van der Waals surface area contributed by atoms with E-state index < -0.39 is 27.1 Å². The van der Waals surface area contributed by atoms with Gasteiger partial charge in [0.15, 0.2) is 0 Å². The highest BCUT2D eigenvalue weighted by atomic mass is 32.2. The van der Waals surface area contributed by atoms with Crippen LogP contribution >= 0.6 is 0 Å². The predicted octanol–water partition coefficient (Wildman–Crippen LogP) is 1.65. The Morgan fingerprint density at radius 3 is 2.48 bits per heavy atom. The van der Waals surface area contributed by atoms with E-state index in [9.17, 15) is 27.2 Å². The summed E-state index contributed by atoms with van der Waals surface area (Å²) in [6, 6.07) is 9.07. The fourth-order valence-electron chi connectivity index (χ4n) is 3.94. The topological polar surface area (TPSA) is 110 Å². The molecule has 9 nitrogen and oxygen atoms in total. The summed E-state index contributed by atoms with van der Waals surface area (Å²) in [5.74, 6) is -0.874. The van der Waals surface area contributed by atoms with Crippen LogP contribution < -0.4 is 16.0 Å². The Morgan fingerprint density at radius 1 is 1.09 bits per heavy atom. The second-order valence-electron chi connectivity index (χ2n) is 7.90. The first-order chi connectivity index (χ1) is 15.7. The highest BCUT2D eigenvalue weighted by molar-refractivity contribution is 7.92. The smallest absolute Gasteiger partial charge is 0.331 e. The largest absolute Gasteiger partial charge is 0.343 e. The highest BCUT2D eigenvalue weighted by Crippen LogP contribution is 2.21. The van der Waals surface area contributed by atoms with Crippen molar-refractivity contribution in [2.45, 2.75) is 30.7 Å². The molecule has 1 aromatic heterocycles. The Balaban J connectivity index is 1.70. The molecule has 0 saturated carbocycles. The van der Waals surface area contributed by atoms with E-state index in [1.807, 2.05) is 0 Å². The van der Waals surface area contributed by atoms with Crippen LogP contribution in [0.15, 0.2) is 56.9 Å². The molecule has 0 spiro atoms. The number of likely N-dealkylation sites (tertiary alicyclic amines) is 1. The number of carbonyl (C=O) groups is 1. The van der Waals surface area contributed by atoms with Gasteiger partial charge in [-0.25, -0.2) is 17.6 Å². The quantitative estimate of drug-likeness (QED) is 0.584. The number of halogens is 1. The van der Waals surface area contributed by atoms with Crippen LogP contribution in [0.1, 0.15) is 19.3 Å². The van der Waals surface area contributed by atoms with Crippen LogP contribution in [0.4, 0.5) is 10.1 Å². The molecule has 0 bridgehead atoms. The van der Waals surface area contributed by atoms with E-state index in [0.717, 1.165) is 29.5 Å². The molecule has 1 N–H and O–H groups in total. The number of nitrogens with one attached hydrogen (secondary N) is 1. The number of nitrogens with zero attached hydrogens (tertiary/aromatic N) is 3. The van der Waals surface area contributed by atoms with Crippen LogP contribution in [0.25, 0.3) is 10.9 Å². The zero-order valence-electron chi connectivity index (χ0n) is 18.0. The molecule has 1 saturated heterocycles. The molecular weight excluding hydrogens is 451 g/mol. The number of carbonyl (C=O) groups excluding carboxylic acids is 1. The summed E-state index contributed by atoms with van der Waals surface area (Å²) in [6.45, 7) is 1.22. The molecule has 33 heavy (non-hydrogen) atoms. The molecule has 0 atom stereocenters. The van der Waals surface area contributed by atoms with Crippen molar-refractivity contribution in [1.29, 1.82) is 0 Å². The molecule has 11 heteroatoms. The number of fused-ring (bicyclic) bond motifs is 1. The van der Waals surface area contributed by atoms with Gasteiger partial charge in [0.1, 0.15) is 5.82 Å². The number of amides is 1. The normalized spacial score (nSPS) is 14.1. The maximum atomic E-state index is 13.9. The second-order valence-corrected chi connectivity index (χ2v) is 9.58. The average molecular weight is 475 g/mol. The fraction of sp³-hybridized carbons (Fsp3) is 0.318. The van der Waals surface area contributed by atoms with Gasteiger partial charge in [-0.3, -0.25) is 23.4 Å². The molecule has 2 aromatic carbocycles. The number of benzene rings is 2. The number of aromatic nitrogens is 2. The van der Waals surface area contributed by atoms with Crippen LogP contribution in [0, 0.1) is 5.82 Å². The molecule has 3 aromatic rings. The number of aryl methyl sites for hydroxylation is 1. The molecule has 0 aliphatic carbocycles. The van der Waals surface area contributed by atoms with E-state index in [1.54, 1.807) is 4.90 Å². The number of hydrogen-bond acceptors (Lipinski definition) is 5. The van der Waals surface area contributed by atoms with E-state index in [0.29, 0.717) is 13.1 Å². The van der Waals surface area contributed by atoms with E-state index >= 15 is 0 Å². The standard InChI is InChI=1S/C22H23FN4O5S/c1-25-19-9-8-15(33(31,32)24-18-7-3-2-6-17(18)23)14-16(19)21(29)27(22(25)30)13-10-20(28)26-11-4-5-12-26/h2-3,6-9,14,24H,4-5,10-13H2,1H3. The van der Waals surface area contributed by atoms with Gasteiger partial charge in [0.25, 0.3) is 15.6 Å². The van der Waals surface area contributed by atoms with E-state index in [-0.39, 0.29) is 40.4 Å². The van der Waals surface area contributed by atoms with Crippen LogP contribution in [-0.2, 0) is 28.4 Å². The third-order valence-electron chi connectivity index (χ3n) is 5.76. The Hall–Kier alpha value is -3.47. The number of hydrogen-bond donors (Lipinski definition) is 1. The van der Waals surface area contributed by atoms with Crippen molar-refractivity contribution in [3.05, 3.63) is 69.1 Å². The van der Waals surface area contributed by atoms with E-state index in [2.05, 4.69) is 4.72 Å². The van der Waals surface area contributed by atoms with Gasteiger partial charge in [-0.1, -0.05) is 12.1 Å². The summed E-state index contributed by atoms with van der Waals surface area (Å²) < 4.78 is 43.9. The third-order valence-corrected chi connectivity index (χ3v) is 7.12. The lowest BCUT2D eigenvalue weighted by molar-refractivity contribution is -0.130. The maximum absolute atomic E-state index is 13.9. The summed E-state index contributed by atoms with van der Waals surface area (Å²) in [5, 5.41) is 0.00197. The van der Waals surface area contributed by atoms with Crippen molar-refractivity contribution >= 4 is 32.5 Å². The maximum Gasteiger partial charge on any atom is 0.331 e. The molecule has 174 valence electrons. The minimum atomic E-state index is -4.20. The molecule has 1 aliphatic heterocycles. The Kier molecular flexibility index (Phi) is 6.07. The first kappa shape index (κ1) is 22.7. The first-order valence-electron chi connectivity index (χ1n) is 10.5. The molecule has 0 unspecified atom stereocenters. The van der Waals surface area contributed by atoms with Crippen molar-refractivity contribution in [3.8, 4) is 0 Å². The predicted molar refractivity (Wildman–Crippen MR) is 121 cm³/mol. The lowest BCUT2D eigenvalue weighted by atomic mass is 10.2. The van der Waals surface area contributed by atoms with Crippen LogP contribution in [0.3, 0.4) is 0 Å². The summed E-state index contributed by atoms with van der Waals surface area (Å²) in [4.78, 5) is 39.6. The lowest BCUT2D eigenvalue weighted by Crippen LogP contribution is -2.40. The van der Waals surface area contributed by atoms with Crippen LogP contribution in [-0.4, -0.2) is 41.4 Å². The summed E-state index contributed by atoms with van der Waals surface area (Å²) in [7, 11) is -2.74. The fourth-order valence-corrected chi connectivity index (χ4v) is 5.03.